The summed E-state index contributed by atoms with van der Waals surface area (Å²) < 4.78 is 0. The van der Waals surface area contributed by atoms with Crippen LogP contribution in [0.4, 0.5) is 5.69 Å². The van der Waals surface area contributed by atoms with Gasteiger partial charge < -0.3 is 15.6 Å². The van der Waals surface area contributed by atoms with E-state index in [-0.39, 0.29) is 5.91 Å². The Morgan fingerprint density at radius 3 is 2.85 bits per heavy atom. The number of carbonyl (C=O) groups excluding carboxylic acids is 1. The third-order valence-electron chi connectivity index (χ3n) is 3.75. The van der Waals surface area contributed by atoms with Gasteiger partial charge in [0.15, 0.2) is 0 Å². The summed E-state index contributed by atoms with van der Waals surface area (Å²) in [4.78, 5) is 18.0. The Morgan fingerprint density at radius 1 is 1.45 bits per heavy atom. The number of nitrogens with two attached hydrogens (primary N) is 1. The quantitative estimate of drug-likeness (QED) is 0.840. The number of anilines is 1. The van der Waals surface area contributed by atoms with Gasteiger partial charge in [-0.05, 0) is 37.0 Å². The van der Waals surface area contributed by atoms with Gasteiger partial charge in [-0.3, -0.25) is 4.79 Å². The number of nitrogen functional groups attached to an aromatic ring is 1. The van der Waals surface area contributed by atoms with E-state index in [2.05, 4.69) is 18.8 Å². The standard InChI is InChI=1S/C16H21N3O/c1-10(2)9-19(12-4-5-12)16(20)14-8-18-15-6-3-11(17)7-13(14)15/h3,6-8,10,12,18H,4-5,9,17H2,1-2H3. The van der Waals surface area contributed by atoms with Crippen molar-refractivity contribution < 1.29 is 4.79 Å². The first-order valence-corrected chi connectivity index (χ1v) is 7.24. The van der Waals surface area contributed by atoms with E-state index in [0.29, 0.717) is 17.6 Å². The van der Waals surface area contributed by atoms with Crippen molar-refractivity contribution in [3.8, 4) is 0 Å². The van der Waals surface area contributed by atoms with Gasteiger partial charge in [0.05, 0.1) is 5.56 Å². The van der Waals surface area contributed by atoms with E-state index < -0.39 is 0 Å². The van der Waals surface area contributed by atoms with Crippen molar-refractivity contribution in [2.75, 3.05) is 12.3 Å². The predicted octanol–water partition coefficient (Wildman–Crippen LogP) is 3.01. The highest BCUT2D eigenvalue weighted by Gasteiger charge is 2.34. The fraction of sp³-hybridized carbons (Fsp3) is 0.438. The number of H-pyrrole nitrogens is 1. The van der Waals surface area contributed by atoms with Crippen molar-refractivity contribution in [3.63, 3.8) is 0 Å². The zero-order valence-electron chi connectivity index (χ0n) is 12.0. The van der Waals surface area contributed by atoms with E-state index in [1.165, 1.54) is 0 Å². The monoisotopic (exact) mass is 271 g/mol. The lowest BCUT2D eigenvalue weighted by Gasteiger charge is -2.24. The highest BCUT2D eigenvalue weighted by atomic mass is 16.2. The number of hydrogen-bond donors (Lipinski definition) is 2. The lowest BCUT2D eigenvalue weighted by molar-refractivity contribution is 0.0724. The number of aromatic amines is 1. The third kappa shape index (κ3) is 2.38. The first-order valence-electron chi connectivity index (χ1n) is 7.24. The number of aromatic nitrogens is 1. The molecule has 0 radical (unpaired) electrons. The zero-order valence-corrected chi connectivity index (χ0v) is 12.0. The van der Waals surface area contributed by atoms with Crippen LogP contribution in [0.25, 0.3) is 10.9 Å². The molecule has 1 fully saturated rings. The molecule has 3 rings (SSSR count). The van der Waals surface area contributed by atoms with Gasteiger partial charge >= 0.3 is 0 Å². The van der Waals surface area contributed by atoms with Crippen molar-refractivity contribution in [1.29, 1.82) is 0 Å². The Hall–Kier alpha value is -1.97. The maximum absolute atomic E-state index is 12.8. The van der Waals surface area contributed by atoms with E-state index in [0.717, 1.165) is 35.9 Å². The Bertz CT molecular complexity index is 640. The van der Waals surface area contributed by atoms with Gasteiger partial charge in [-0.1, -0.05) is 13.8 Å². The van der Waals surface area contributed by atoms with E-state index in [9.17, 15) is 4.79 Å². The Morgan fingerprint density at radius 2 is 2.20 bits per heavy atom. The molecule has 3 N–H and O–H groups in total. The third-order valence-corrected chi connectivity index (χ3v) is 3.75. The summed E-state index contributed by atoms with van der Waals surface area (Å²) in [5.41, 5.74) is 8.23. The zero-order chi connectivity index (χ0) is 14.3. The largest absolute Gasteiger partial charge is 0.399 e. The molecular formula is C16H21N3O. The van der Waals surface area contributed by atoms with Gasteiger partial charge in [-0.25, -0.2) is 0 Å². The maximum atomic E-state index is 12.8. The van der Waals surface area contributed by atoms with Crippen LogP contribution in [0.1, 0.15) is 37.0 Å². The Labute approximate surface area is 118 Å². The molecule has 1 amide bonds. The lowest BCUT2D eigenvalue weighted by Crippen LogP contribution is -2.36. The van der Waals surface area contributed by atoms with Crippen LogP contribution in [-0.2, 0) is 0 Å². The number of carbonyl (C=O) groups is 1. The lowest BCUT2D eigenvalue weighted by atomic mass is 10.1. The summed E-state index contributed by atoms with van der Waals surface area (Å²) in [6, 6.07) is 6.07. The average molecular weight is 271 g/mol. The molecule has 106 valence electrons. The van der Waals surface area contributed by atoms with Crippen LogP contribution >= 0.6 is 0 Å². The SMILES string of the molecule is CC(C)CN(C(=O)c1c[nH]c2ccc(N)cc12)C1CC1. The van der Waals surface area contributed by atoms with E-state index in [1.54, 1.807) is 0 Å². The molecule has 1 aromatic carbocycles. The molecule has 1 aromatic heterocycles. The number of fused-ring (bicyclic) bond motifs is 1. The summed E-state index contributed by atoms with van der Waals surface area (Å²) in [6.45, 7) is 5.12. The molecule has 0 saturated heterocycles. The van der Waals surface area contributed by atoms with Gasteiger partial charge in [0.2, 0.25) is 0 Å². The van der Waals surface area contributed by atoms with E-state index in [4.69, 9.17) is 5.73 Å². The Balaban J connectivity index is 1.96. The Kier molecular flexibility index (Phi) is 3.16. The molecule has 4 heteroatoms. The highest BCUT2D eigenvalue weighted by Crippen LogP contribution is 2.31. The molecular weight excluding hydrogens is 250 g/mol. The van der Waals surface area contributed by atoms with E-state index in [1.807, 2.05) is 29.3 Å². The molecule has 1 saturated carbocycles. The second kappa shape index (κ2) is 4.85. The number of nitrogens with one attached hydrogen (secondary N) is 1. The number of nitrogens with zero attached hydrogens (tertiary/aromatic N) is 1. The number of amides is 1. The van der Waals surface area contributed by atoms with Gasteiger partial charge in [0.25, 0.3) is 5.91 Å². The summed E-state index contributed by atoms with van der Waals surface area (Å²) in [6.07, 6.45) is 4.06. The minimum Gasteiger partial charge on any atom is -0.399 e. The normalized spacial score (nSPS) is 14.9. The maximum Gasteiger partial charge on any atom is 0.256 e. The van der Waals surface area contributed by atoms with Crippen molar-refractivity contribution in [2.24, 2.45) is 5.92 Å². The average Bonchev–Trinajstić information content (AvgIpc) is 3.15. The molecule has 0 atom stereocenters. The molecule has 2 aromatic rings. The fourth-order valence-corrected chi connectivity index (χ4v) is 2.65. The number of hydrogen-bond acceptors (Lipinski definition) is 2. The van der Waals surface area contributed by atoms with Crippen LogP contribution in [0.15, 0.2) is 24.4 Å². The van der Waals surface area contributed by atoms with Crippen LogP contribution in [0, 0.1) is 5.92 Å². The molecule has 1 aliphatic carbocycles. The van der Waals surface area contributed by atoms with Crippen LogP contribution in [-0.4, -0.2) is 28.4 Å². The first-order chi connectivity index (χ1) is 9.56. The van der Waals surface area contributed by atoms with Gasteiger partial charge in [0.1, 0.15) is 0 Å². The van der Waals surface area contributed by atoms with Crippen LogP contribution < -0.4 is 5.73 Å². The number of benzene rings is 1. The van der Waals surface area contributed by atoms with Gasteiger partial charge in [-0.2, -0.15) is 0 Å². The molecule has 0 aliphatic heterocycles. The minimum atomic E-state index is 0.123. The highest BCUT2D eigenvalue weighted by molar-refractivity contribution is 6.07. The smallest absolute Gasteiger partial charge is 0.256 e. The molecule has 0 unspecified atom stereocenters. The van der Waals surface area contributed by atoms with Crippen LogP contribution in [0.2, 0.25) is 0 Å². The van der Waals surface area contributed by atoms with Crippen molar-refractivity contribution in [3.05, 3.63) is 30.0 Å². The summed E-state index contributed by atoms with van der Waals surface area (Å²) in [5, 5.41) is 0.921. The first kappa shape index (κ1) is 13.0. The van der Waals surface area contributed by atoms with Crippen LogP contribution in [0.3, 0.4) is 0 Å². The van der Waals surface area contributed by atoms with Crippen molar-refractivity contribution in [2.45, 2.75) is 32.7 Å². The molecule has 0 bridgehead atoms. The van der Waals surface area contributed by atoms with Gasteiger partial charge in [-0.15, -0.1) is 0 Å². The van der Waals surface area contributed by atoms with Crippen LogP contribution in [0.5, 0.6) is 0 Å². The van der Waals surface area contributed by atoms with Crippen molar-refractivity contribution in [1.82, 2.24) is 9.88 Å². The summed E-state index contributed by atoms with van der Waals surface area (Å²) >= 11 is 0. The minimum absolute atomic E-state index is 0.123. The molecule has 1 heterocycles. The molecule has 1 aliphatic rings. The molecule has 4 nitrogen and oxygen atoms in total. The summed E-state index contributed by atoms with van der Waals surface area (Å²) in [5.74, 6) is 0.605. The molecule has 20 heavy (non-hydrogen) atoms. The molecule has 0 spiro atoms. The topological polar surface area (TPSA) is 62.1 Å². The van der Waals surface area contributed by atoms with Crippen molar-refractivity contribution >= 4 is 22.5 Å². The summed E-state index contributed by atoms with van der Waals surface area (Å²) in [7, 11) is 0. The predicted molar refractivity (Wildman–Crippen MR) is 81.6 cm³/mol. The number of rotatable bonds is 4. The van der Waals surface area contributed by atoms with Gasteiger partial charge in [0, 0.05) is 35.4 Å². The fourth-order valence-electron chi connectivity index (χ4n) is 2.65. The van der Waals surface area contributed by atoms with E-state index >= 15 is 0 Å². The second-order valence-corrected chi connectivity index (χ2v) is 6.09. The second-order valence-electron chi connectivity index (χ2n) is 6.09.